The topological polar surface area (TPSA) is 29.9 Å². The van der Waals surface area contributed by atoms with Crippen LogP contribution in [0.1, 0.15) is 17.3 Å². The molecule has 2 rings (SSSR count). The van der Waals surface area contributed by atoms with Gasteiger partial charge in [0.2, 0.25) is 0 Å². The molecule has 1 unspecified atom stereocenters. The molecule has 1 N–H and O–H groups in total. The minimum atomic E-state index is -0.338. The van der Waals surface area contributed by atoms with Crippen LogP contribution in [0.15, 0.2) is 28.9 Å². The Bertz CT molecular complexity index is 551. The quantitative estimate of drug-likeness (QED) is 0.935. The van der Waals surface area contributed by atoms with Gasteiger partial charge in [-0.15, -0.1) is 0 Å². The summed E-state index contributed by atoms with van der Waals surface area (Å²) in [5.41, 5.74) is 1.39. The van der Waals surface area contributed by atoms with Crippen molar-refractivity contribution in [3.8, 4) is 0 Å². The van der Waals surface area contributed by atoms with Crippen molar-refractivity contribution in [1.82, 2.24) is 15.1 Å². The third kappa shape index (κ3) is 2.43. The van der Waals surface area contributed by atoms with E-state index in [0.717, 1.165) is 10.2 Å². The van der Waals surface area contributed by atoms with Crippen LogP contribution >= 0.6 is 27.5 Å². The molecule has 6 heteroatoms. The fourth-order valence-corrected chi connectivity index (χ4v) is 2.66. The molecule has 0 saturated carbocycles. The van der Waals surface area contributed by atoms with Gasteiger partial charge in [0.15, 0.2) is 0 Å². The molecule has 18 heavy (non-hydrogen) atoms. The van der Waals surface area contributed by atoms with E-state index in [0.29, 0.717) is 10.6 Å². The maximum atomic E-state index is 14.0. The molecule has 1 heterocycles. The van der Waals surface area contributed by atoms with Gasteiger partial charge >= 0.3 is 0 Å². The van der Waals surface area contributed by atoms with E-state index in [2.05, 4.69) is 26.3 Å². The average molecular weight is 333 g/mol. The molecular weight excluding hydrogens is 321 g/mol. The highest BCUT2D eigenvalue weighted by Gasteiger charge is 2.22. The SMILES string of the molecule is CNC(c1ccc(Cl)cc1F)c1c(Br)cnn1C. The van der Waals surface area contributed by atoms with Crippen LogP contribution < -0.4 is 5.32 Å². The van der Waals surface area contributed by atoms with Gasteiger partial charge in [-0.1, -0.05) is 17.7 Å². The van der Waals surface area contributed by atoms with Crippen molar-refractivity contribution in [3.63, 3.8) is 0 Å². The van der Waals surface area contributed by atoms with Crippen LogP contribution in [0.25, 0.3) is 0 Å². The van der Waals surface area contributed by atoms with Crippen molar-refractivity contribution in [2.45, 2.75) is 6.04 Å². The van der Waals surface area contributed by atoms with Gasteiger partial charge in [0.1, 0.15) is 5.82 Å². The Morgan fingerprint density at radius 3 is 2.72 bits per heavy atom. The number of benzene rings is 1. The highest BCUT2D eigenvalue weighted by Crippen LogP contribution is 2.30. The lowest BCUT2D eigenvalue weighted by atomic mass is 10.0. The summed E-state index contributed by atoms with van der Waals surface area (Å²) in [5, 5.41) is 7.61. The third-order valence-electron chi connectivity index (χ3n) is 2.77. The first kappa shape index (κ1) is 13.5. The van der Waals surface area contributed by atoms with E-state index in [4.69, 9.17) is 11.6 Å². The van der Waals surface area contributed by atoms with Crippen LogP contribution in [0.2, 0.25) is 5.02 Å². The van der Waals surface area contributed by atoms with Crippen molar-refractivity contribution in [2.75, 3.05) is 7.05 Å². The molecule has 0 saturated heterocycles. The average Bonchev–Trinajstić information content (AvgIpc) is 2.64. The Labute approximate surface area is 118 Å². The Morgan fingerprint density at radius 2 is 2.22 bits per heavy atom. The van der Waals surface area contributed by atoms with Crippen LogP contribution in [0.5, 0.6) is 0 Å². The van der Waals surface area contributed by atoms with Crippen molar-refractivity contribution in [2.24, 2.45) is 7.05 Å². The van der Waals surface area contributed by atoms with E-state index >= 15 is 0 Å². The molecule has 3 nitrogen and oxygen atoms in total. The summed E-state index contributed by atoms with van der Waals surface area (Å²) in [6.07, 6.45) is 1.69. The zero-order chi connectivity index (χ0) is 13.3. The molecule has 0 amide bonds. The van der Waals surface area contributed by atoms with Crippen molar-refractivity contribution in [3.05, 3.63) is 51.0 Å². The third-order valence-corrected chi connectivity index (χ3v) is 3.62. The Hall–Kier alpha value is -0.910. The van der Waals surface area contributed by atoms with E-state index < -0.39 is 0 Å². The van der Waals surface area contributed by atoms with Crippen LogP contribution in [-0.2, 0) is 7.05 Å². The van der Waals surface area contributed by atoms with Gasteiger partial charge in [0.25, 0.3) is 0 Å². The summed E-state index contributed by atoms with van der Waals surface area (Å²) < 4.78 is 16.5. The number of aryl methyl sites for hydroxylation is 1. The number of hydrogen-bond donors (Lipinski definition) is 1. The van der Waals surface area contributed by atoms with Crippen molar-refractivity contribution < 1.29 is 4.39 Å². The van der Waals surface area contributed by atoms with E-state index in [1.807, 2.05) is 7.05 Å². The zero-order valence-corrected chi connectivity index (χ0v) is 12.3. The molecule has 0 aliphatic carbocycles. The number of halogens is 3. The standard InChI is InChI=1S/C12H12BrClFN3/c1-16-11(12-9(13)6-17-18(12)2)8-4-3-7(14)5-10(8)15/h3-6,11,16H,1-2H3. The van der Waals surface area contributed by atoms with Crippen LogP contribution in [-0.4, -0.2) is 16.8 Å². The number of nitrogens with one attached hydrogen (secondary N) is 1. The predicted octanol–water partition coefficient (Wildman–Crippen LogP) is 3.28. The summed E-state index contributed by atoms with van der Waals surface area (Å²) in [4.78, 5) is 0. The molecule has 0 aliphatic heterocycles. The van der Waals surface area contributed by atoms with Crippen molar-refractivity contribution >= 4 is 27.5 Å². The lowest BCUT2D eigenvalue weighted by Gasteiger charge is -2.18. The summed E-state index contributed by atoms with van der Waals surface area (Å²) in [5.74, 6) is -0.338. The highest BCUT2D eigenvalue weighted by molar-refractivity contribution is 9.10. The summed E-state index contributed by atoms with van der Waals surface area (Å²) in [6.45, 7) is 0. The number of hydrogen-bond acceptors (Lipinski definition) is 2. The Morgan fingerprint density at radius 1 is 1.50 bits per heavy atom. The second kappa shape index (κ2) is 5.38. The van der Waals surface area contributed by atoms with Crippen LogP contribution in [0.3, 0.4) is 0 Å². The van der Waals surface area contributed by atoms with E-state index in [9.17, 15) is 4.39 Å². The smallest absolute Gasteiger partial charge is 0.129 e. The number of nitrogens with zero attached hydrogens (tertiary/aromatic N) is 2. The first-order valence-corrected chi connectivity index (χ1v) is 6.51. The predicted molar refractivity (Wildman–Crippen MR) is 73.2 cm³/mol. The summed E-state index contributed by atoms with van der Waals surface area (Å²) >= 11 is 9.19. The van der Waals surface area contributed by atoms with Gasteiger partial charge in [-0.25, -0.2) is 4.39 Å². The molecule has 96 valence electrons. The molecule has 0 fully saturated rings. The molecule has 0 aliphatic rings. The molecule has 0 bridgehead atoms. The van der Waals surface area contributed by atoms with E-state index in [1.54, 1.807) is 30.1 Å². The minimum Gasteiger partial charge on any atom is -0.308 e. The second-order valence-electron chi connectivity index (χ2n) is 3.89. The molecule has 0 spiro atoms. The maximum absolute atomic E-state index is 14.0. The lowest BCUT2D eigenvalue weighted by molar-refractivity contribution is 0.550. The zero-order valence-electron chi connectivity index (χ0n) is 9.92. The molecule has 1 atom stereocenters. The minimum absolute atomic E-state index is 0.288. The van der Waals surface area contributed by atoms with Gasteiger partial charge in [0.05, 0.1) is 22.4 Å². The van der Waals surface area contributed by atoms with Gasteiger partial charge in [0, 0.05) is 17.6 Å². The van der Waals surface area contributed by atoms with Gasteiger partial charge in [-0.3, -0.25) is 4.68 Å². The molecular formula is C12H12BrClFN3. The monoisotopic (exact) mass is 331 g/mol. The molecule has 1 aromatic carbocycles. The fourth-order valence-electron chi connectivity index (χ4n) is 1.92. The summed E-state index contributed by atoms with van der Waals surface area (Å²) in [7, 11) is 3.59. The largest absolute Gasteiger partial charge is 0.308 e. The Balaban J connectivity index is 2.52. The van der Waals surface area contributed by atoms with Gasteiger partial charge in [-0.2, -0.15) is 5.10 Å². The maximum Gasteiger partial charge on any atom is 0.129 e. The summed E-state index contributed by atoms with van der Waals surface area (Å²) in [6, 6.07) is 4.38. The van der Waals surface area contributed by atoms with E-state index in [-0.39, 0.29) is 11.9 Å². The first-order chi connectivity index (χ1) is 8.54. The molecule has 2 aromatic rings. The molecule has 1 aromatic heterocycles. The normalized spacial score (nSPS) is 12.7. The van der Waals surface area contributed by atoms with Crippen LogP contribution in [0, 0.1) is 5.82 Å². The highest BCUT2D eigenvalue weighted by atomic mass is 79.9. The van der Waals surface area contributed by atoms with Crippen LogP contribution in [0.4, 0.5) is 4.39 Å². The second-order valence-corrected chi connectivity index (χ2v) is 5.18. The number of aromatic nitrogens is 2. The van der Waals surface area contributed by atoms with E-state index in [1.165, 1.54) is 6.07 Å². The van der Waals surface area contributed by atoms with Gasteiger partial charge < -0.3 is 5.32 Å². The Kier molecular flexibility index (Phi) is 4.04. The fraction of sp³-hybridized carbons (Fsp3) is 0.250. The van der Waals surface area contributed by atoms with Crippen molar-refractivity contribution in [1.29, 1.82) is 0 Å². The van der Waals surface area contributed by atoms with Gasteiger partial charge in [-0.05, 0) is 35.1 Å². The molecule has 0 radical (unpaired) electrons. The lowest BCUT2D eigenvalue weighted by Crippen LogP contribution is -2.22. The first-order valence-electron chi connectivity index (χ1n) is 5.34. The number of rotatable bonds is 3.